The average Bonchev–Trinajstić information content (AvgIpc) is 1.93. The summed E-state index contributed by atoms with van der Waals surface area (Å²) in [4.78, 5) is 0. The van der Waals surface area contributed by atoms with Crippen LogP contribution in [0.25, 0.3) is 0 Å². The summed E-state index contributed by atoms with van der Waals surface area (Å²) < 4.78 is 5.68. The number of benzene rings is 1. The van der Waals surface area contributed by atoms with E-state index < -0.39 is 14.5 Å². The molecule has 0 aliphatic heterocycles. The first-order valence-electron chi connectivity index (χ1n) is 3.92. The van der Waals surface area contributed by atoms with E-state index in [1.165, 1.54) is 5.56 Å². The highest BCUT2D eigenvalue weighted by Crippen LogP contribution is 2.16. The highest BCUT2D eigenvalue weighted by atomic mass is 27.2. The monoisotopic (exact) mass is 164 g/mol. The largest absolute Gasteiger partial charge is 0.643 e. The molecule has 0 radical (unpaired) electrons. The standard InChI is InChI=1S/C7H8O.2CH3.Al/c1-6-4-2-3-5-7(6)8;;;/h2-5,8H,1H3;2*1H3;/q;;;+1/p-1. The molecule has 0 heterocycles. The van der Waals surface area contributed by atoms with E-state index in [4.69, 9.17) is 3.79 Å². The highest BCUT2D eigenvalue weighted by Gasteiger charge is 2.07. The lowest BCUT2D eigenvalue weighted by molar-refractivity contribution is 0.575. The van der Waals surface area contributed by atoms with E-state index in [2.05, 4.69) is 24.6 Å². The number of rotatable bonds is 2. The molecule has 1 aromatic carbocycles. The van der Waals surface area contributed by atoms with Crippen LogP contribution in [0.1, 0.15) is 5.56 Å². The number of aryl methyl sites for hydroxylation is 1. The normalized spacial score (nSPS) is 9.36. The van der Waals surface area contributed by atoms with Crippen molar-refractivity contribution in [1.29, 1.82) is 0 Å². The maximum absolute atomic E-state index is 5.68. The van der Waals surface area contributed by atoms with Gasteiger partial charge in [0.05, 0.1) is 5.75 Å². The second-order valence-electron chi connectivity index (χ2n) is 2.93. The van der Waals surface area contributed by atoms with E-state index in [1.807, 2.05) is 18.2 Å². The Kier molecular flexibility index (Phi) is 2.99. The van der Waals surface area contributed by atoms with Gasteiger partial charge in [0, 0.05) is 0 Å². The molecule has 0 bridgehead atoms. The molecule has 11 heavy (non-hydrogen) atoms. The second-order valence-corrected chi connectivity index (χ2v) is 5.27. The third-order valence-corrected chi connectivity index (χ3v) is 2.18. The van der Waals surface area contributed by atoms with Crippen LogP contribution in [0, 0.1) is 6.92 Å². The molecule has 0 saturated carbocycles. The van der Waals surface area contributed by atoms with Gasteiger partial charge in [-0.25, -0.2) is 0 Å². The predicted octanol–water partition coefficient (Wildman–Crippen LogP) is 2.62. The van der Waals surface area contributed by atoms with E-state index in [0.29, 0.717) is 0 Å². The fourth-order valence-corrected chi connectivity index (χ4v) is 1.71. The summed E-state index contributed by atoms with van der Waals surface area (Å²) >= 11 is -0.925. The predicted molar refractivity (Wildman–Crippen MR) is 49.3 cm³/mol. The Morgan fingerprint density at radius 1 is 1.18 bits per heavy atom. The van der Waals surface area contributed by atoms with Crippen molar-refractivity contribution in [1.82, 2.24) is 0 Å². The van der Waals surface area contributed by atoms with Crippen LogP contribution in [0.3, 0.4) is 0 Å². The summed E-state index contributed by atoms with van der Waals surface area (Å²) in [6, 6.07) is 8.15. The smallest absolute Gasteiger partial charge is 0.540 e. The molecule has 0 fully saturated rings. The van der Waals surface area contributed by atoms with Crippen molar-refractivity contribution in [2.45, 2.75) is 18.5 Å². The number of hydrogen-bond donors (Lipinski definition) is 0. The lowest BCUT2D eigenvalue weighted by atomic mass is 10.2. The molecule has 0 spiro atoms. The fourth-order valence-electron chi connectivity index (χ4n) is 0.943. The van der Waals surface area contributed by atoms with E-state index in [-0.39, 0.29) is 0 Å². The summed E-state index contributed by atoms with van der Waals surface area (Å²) in [5.74, 6) is 5.40. The molecule has 2 heteroatoms. The highest BCUT2D eigenvalue weighted by molar-refractivity contribution is 6.49. The summed E-state index contributed by atoms with van der Waals surface area (Å²) in [5, 5.41) is 0. The van der Waals surface area contributed by atoms with Crippen LogP contribution in [0.15, 0.2) is 24.3 Å². The van der Waals surface area contributed by atoms with Gasteiger partial charge in [0.1, 0.15) is 0 Å². The lowest BCUT2D eigenvalue weighted by Gasteiger charge is -2.10. The molecule has 0 amide bonds. The SMILES string of the molecule is Cc1ccccc1[O][Al]([CH3])[CH3]. The van der Waals surface area contributed by atoms with E-state index in [0.717, 1.165) is 5.75 Å². The summed E-state index contributed by atoms with van der Waals surface area (Å²) in [6.45, 7) is 2.08. The first kappa shape index (κ1) is 8.65. The zero-order valence-electron chi connectivity index (χ0n) is 7.29. The van der Waals surface area contributed by atoms with Crippen molar-refractivity contribution >= 4 is 14.5 Å². The van der Waals surface area contributed by atoms with E-state index in [1.54, 1.807) is 0 Å². The van der Waals surface area contributed by atoms with Crippen molar-refractivity contribution in [2.75, 3.05) is 0 Å². The van der Waals surface area contributed by atoms with Gasteiger partial charge in [-0.3, -0.25) is 0 Å². The molecule has 0 unspecified atom stereocenters. The van der Waals surface area contributed by atoms with Gasteiger partial charge in [-0.2, -0.15) is 0 Å². The van der Waals surface area contributed by atoms with Crippen molar-refractivity contribution in [3.05, 3.63) is 29.8 Å². The Morgan fingerprint density at radius 3 is 2.36 bits per heavy atom. The number of hydrogen-bond acceptors (Lipinski definition) is 1. The van der Waals surface area contributed by atoms with Crippen LogP contribution in [-0.4, -0.2) is 14.5 Å². The second kappa shape index (κ2) is 3.80. The van der Waals surface area contributed by atoms with Crippen LogP contribution >= 0.6 is 0 Å². The molecule has 0 saturated heterocycles. The van der Waals surface area contributed by atoms with Crippen molar-refractivity contribution in [3.8, 4) is 5.75 Å². The topological polar surface area (TPSA) is 9.23 Å². The summed E-state index contributed by atoms with van der Waals surface area (Å²) in [7, 11) is 0. The number of para-hydroxylation sites is 1. The van der Waals surface area contributed by atoms with Gasteiger partial charge in [0.15, 0.2) is 0 Å². The molecule has 58 valence electrons. The van der Waals surface area contributed by atoms with Gasteiger partial charge >= 0.3 is 14.5 Å². The summed E-state index contributed by atoms with van der Waals surface area (Å²) in [6.07, 6.45) is 0. The minimum atomic E-state index is -0.925. The van der Waals surface area contributed by atoms with E-state index in [9.17, 15) is 0 Å². The first-order chi connectivity index (χ1) is 5.20. The lowest BCUT2D eigenvalue weighted by Crippen LogP contribution is -2.11. The third-order valence-electron chi connectivity index (χ3n) is 1.46. The molecule has 0 aromatic heterocycles. The van der Waals surface area contributed by atoms with Crippen LogP contribution in [0.5, 0.6) is 5.75 Å². The van der Waals surface area contributed by atoms with E-state index >= 15 is 0 Å². The van der Waals surface area contributed by atoms with Gasteiger partial charge in [0.2, 0.25) is 0 Å². The molecule has 1 nitrogen and oxygen atoms in total. The molecular formula is C9H13AlO. The van der Waals surface area contributed by atoms with Gasteiger partial charge in [-0.05, 0) is 18.6 Å². The zero-order valence-corrected chi connectivity index (χ0v) is 8.45. The quantitative estimate of drug-likeness (QED) is 0.610. The maximum Gasteiger partial charge on any atom is 0.540 e. The summed E-state index contributed by atoms with van der Waals surface area (Å²) in [5.41, 5.74) is 1.23. The van der Waals surface area contributed by atoms with Gasteiger partial charge in [-0.1, -0.05) is 29.8 Å². The Hall–Kier alpha value is -0.448. The Labute approximate surface area is 72.7 Å². The first-order valence-corrected chi connectivity index (χ1v) is 6.70. The van der Waals surface area contributed by atoms with Gasteiger partial charge in [-0.15, -0.1) is 0 Å². The Bertz CT molecular complexity index is 233. The minimum Gasteiger partial charge on any atom is -0.643 e. The molecule has 1 rings (SSSR count). The van der Waals surface area contributed by atoms with Crippen molar-refractivity contribution in [3.63, 3.8) is 0 Å². The maximum atomic E-state index is 5.68. The fraction of sp³-hybridized carbons (Fsp3) is 0.333. The third kappa shape index (κ3) is 2.57. The molecule has 0 aliphatic rings. The molecular weight excluding hydrogens is 151 g/mol. The van der Waals surface area contributed by atoms with Gasteiger partial charge in [0.25, 0.3) is 0 Å². The average molecular weight is 164 g/mol. The van der Waals surface area contributed by atoms with Crippen LogP contribution < -0.4 is 3.79 Å². The minimum absolute atomic E-state index is 0.925. The molecule has 0 N–H and O–H groups in total. The van der Waals surface area contributed by atoms with Crippen molar-refractivity contribution < 1.29 is 3.79 Å². The van der Waals surface area contributed by atoms with Crippen LogP contribution in [-0.2, 0) is 0 Å². The Morgan fingerprint density at radius 2 is 1.82 bits per heavy atom. The molecule has 1 aromatic rings. The molecule has 0 aliphatic carbocycles. The van der Waals surface area contributed by atoms with Crippen LogP contribution in [0.4, 0.5) is 0 Å². The van der Waals surface area contributed by atoms with Gasteiger partial charge < -0.3 is 3.79 Å². The zero-order chi connectivity index (χ0) is 8.27. The Balaban J connectivity index is 2.78. The van der Waals surface area contributed by atoms with Crippen LogP contribution in [0.2, 0.25) is 11.6 Å². The molecule has 0 atom stereocenters. The van der Waals surface area contributed by atoms with Crippen molar-refractivity contribution in [2.24, 2.45) is 0 Å².